The normalized spacial score (nSPS) is 11.5. The van der Waals surface area contributed by atoms with Crippen LogP contribution in [0.15, 0.2) is 82.5 Å². The van der Waals surface area contributed by atoms with Gasteiger partial charge in [0.05, 0.1) is 9.82 Å². The predicted octanol–water partition coefficient (Wildman–Crippen LogP) is 4.91. The standard InChI is InChI=1S/C22H15NO5S2/c1-30(27,28)17-12-8-15(9-13-17)22-20(14-6-10-16(11-7-14)23(25)26)21(24)18-4-2-3-5-19(18)29-22/h2-13H,1H3. The van der Waals surface area contributed by atoms with Crippen molar-refractivity contribution in [3.05, 3.63) is 93.1 Å². The Labute approximate surface area is 176 Å². The van der Waals surface area contributed by atoms with Gasteiger partial charge in [0.25, 0.3) is 5.69 Å². The summed E-state index contributed by atoms with van der Waals surface area (Å²) < 4.78 is 24.4. The van der Waals surface area contributed by atoms with Crippen LogP contribution in [-0.4, -0.2) is 19.6 Å². The summed E-state index contributed by atoms with van der Waals surface area (Å²) in [6.07, 6.45) is 1.14. The third-order valence-corrected chi connectivity index (χ3v) is 7.06. The SMILES string of the molecule is CS(=O)(=O)c1ccc(-c2sc3ccccc3c(=O)c2-c2ccc([N+](=O)[O-])cc2)cc1. The fourth-order valence-corrected chi connectivity index (χ4v) is 5.05. The van der Waals surface area contributed by atoms with Crippen LogP contribution in [0.1, 0.15) is 0 Å². The van der Waals surface area contributed by atoms with Gasteiger partial charge in [-0.1, -0.05) is 24.3 Å². The second-order valence-electron chi connectivity index (χ2n) is 6.73. The highest BCUT2D eigenvalue weighted by atomic mass is 32.2. The van der Waals surface area contributed by atoms with Crippen LogP contribution < -0.4 is 5.43 Å². The molecule has 0 bridgehead atoms. The van der Waals surface area contributed by atoms with Crippen molar-refractivity contribution in [2.45, 2.75) is 4.90 Å². The molecule has 0 radical (unpaired) electrons. The highest BCUT2D eigenvalue weighted by Gasteiger charge is 2.18. The van der Waals surface area contributed by atoms with E-state index in [1.807, 2.05) is 12.1 Å². The number of nitrogens with zero attached hydrogens (tertiary/aromatic N) is 1. The van der Waals surface area contributed by atoms with Crippen molar-refractivity contribution in [2.75, 3.05) is 6.26 Å². The maximum Gasteiger partial charge on any atom is 0.269 e. The zero-order chi connectivity index (χ0) is 21.5. The third-order valence-electron chi connectivity index (χ3n) is 4.71. The molecular formula is C22H15NO5S2. The number of sulfone groups is 1. The number of benzene rings is 3. The molecule has 0 aliphatic carbocycles. The van der Waals surface area contributed by atoms with E-state index in [0.29, 0.717) is 27.0 Å². The molecular weight excluding hydrogens is 422 g/mol. The lowest BCUT2D eigenvalue weighted by Crippen LogP contribution is -2.06. The van der Waals surface area contributed by atoms with Gasteiger partial charge in [-0.25, -0.2) is 8.42 Å². The Bertz CT molecular complexity index is 1440. The Kier molecular flexibility index (Phi) is 4.97. The number of rotatable bonds is 4. The summed E-state index contributed by atoms with van der Waals surface area (Å²) >= 11 is 1.42. The van der Waals surface area contributed by atoms with Crippen molar-refractivity contribution in [1.82, 2.24) is 0 Å². The quantitative estimate of drug-likeness (QED) is 0.334. The maximum absolute atomic E-state index is 13.3. The van der Waals surface area contributed by atoms with Gasteiger partial charge in [-0.15, -0.1) is 11.3 Å². The van der Waals surface area contributed by atoms with Crippen LogP contribution in [0.2, 0.25) is 0 Å². The molecule has 0 aliphatic heterocycles. The number of non-ortho nitro benzene ring substituents is 1. The molecule has 30 heavy (non-hydrogen) atoms. The van der Waals surface area contributed by atoms with Gasteiger partial charge in [0.15, 0.2) is 15.3 Å². The average molecular weight is 437 g/mol. The number of nitro benzene ring substituents is 1. The molecule has 150 valence electrons. The van der Waals surface area contributed by atoms with Gasteiger partial charge < -0.3 is 0 Å². The minimum Gasteiger partial charge on any atom is -0.288 e. The summed E-state index contributed by atoms with van der Waals surface area (Å²) in [6.45, 7) is 0. The number of hydrogen-bond acceptors (Lipinski definition) is 6. The van der Waals surface area contributed by atoms with Gasteiger partial charge in [-0.3, -0.25) is 14.9 Å². The molecule has 0 saturated carbocycles. The van der Waals surface area contributed by atoms with Crippen LogP contribution in [0, 0.1) is 10.1 Å². The number of nitro groups is 1. The van der Waals surface area contributed by atoms with Crippen molar-refractivity contribution in [3.63, 3.8) is 0 Å². The van der Waals surface area contributed by atoms with E-state index < -0.39 is 14.8 Å². The minimum atomic E-state index is -3.34. The third kappa shape index (κ3) is 3.62. The highest BCUT2D eigenvalue weighted by molar-refractivity contribution is 7.90. The van der Waals surface area contributed by atoms with Crippen molar-refractivity contribution in [3.8, 4) is 21.6 Å². The molecule has 0 amide bonds. The number of fused-ring (bicyclic) bond motifs is 1. The van der Waals surface area contributed by atoms with E-state index in [0.717, 1.165) is 11.0 Å². The summed E-state index contributed by atoms with van der Waals surface area (Å²) in [5, 5.41) is 11.6. The molecule has 6 nitrogen and oxygen atoms in total. The first-order valence-corrected chi connectivity index (χ1v) is 11.6. The predicted molar refractivity (Wildman–Crippen MR) is 119 cm³/mol. The molecule has 0 fully saturated rings. The molecule has 0 spiro atoms. The molecule has 1 heterocycles. The van der Waals surface area contributed by atoms with E-state index in [4.69, 9.17) is 0 Å². The summed E-state index contributed by atoms with van der Waals surface area (Å²) in [7, 11) is -3.34. The second-order valence-corrected chi connectivity index (χ2v) is 9.80. The van der Waals surface area contributed by atoms with Gasteiger partial charge in [0.2, 0.25) is 0 Å². The molecule has 0 unspecified atom stereocenters. The molecule has 4 rings (SSSR count). The molecule has 8 heteroatoms. The van der Waals surface area contributed by atoms with Gasteiger partial charge in [0.1, 0.15) is 0 Å². The molecule has 0 atom stereocenters. The highest BCUT2D eigenvalue weighted by Crippen LogP contribution is 2.37. The zero-order valence-corrected chi connectivity index (χ0v) is 17.4. The first-order valence-electron chi connectivity index (χ1n) is 8.87. The lowest BCUT2D eigenvalue weighted by Gasteiger charge is -2.11. The van der Waals surface area contributed by atoms with Crippen LogP contribution in [0.25, 0.3) is 31.7 Å². The molecule has 1 aromatic heterocycles. The van der Waals surface area contributed by atoms with Gasteiger partial charge in [-0.2, -0.15) is 0 Å². The minimum absolute atomic E-state index is 0.0604. The first kappa shape index (κ1) is 19.9. The summed E-state index contributed by atoms with van der Waals surface area (Å²) in [4.78, 5) is 24.7. The topological polar surface area (TPSA) is 94.3 Å². The molecule has 4 aromatic rings. The Hall–Kier alpha value is -3.36. The molecule has 3 aromatic carbocycles. The summed E-state index contributed by atoms with van der Waals surface area (Å²) in [5.74, 6) is 0. The van der Waals surface area contributed by atoms with Gasteiger partial charge >= 0.3 is 0 Å². The van der Waals surface area contributed by atoms with Crippen molar-refractivity contribution in [2.24, 2.45) is 0 Å². The Morgan fingerprint density at radius 3 is 2.07 bits per heavy atom. The van der Waals surface area contributed by atoms with Gasteiger partial charge in [0, 0.05) is 38.9 Å². The van der Waals surface area contributed by atoms with Crippen molar-refractivity contribution in [1.29, 1.82) is 0 Å². The van der Waals surface area contributed by atoms with E-state index in [2.05, 4.69) is 0 Å². The number of hydrogen-bond donors (Lipinski definition) is 0. The van der Waals surface area contributed by atoms with Crippen LogP contribution in [0.4, 0.5) is 5.69 Å². The lowest BCUT2D eigenvalue weighted by atomic mass is 10.00. The Balaban J connectivity index is 1.99. The molecule has 0 aliphatic rings. The summed E-state index contributed by atoms with van der Waals surface area (Å²) in [5.41, 5.74) is 1.45. The molecule has 0 N–H and O–H groups in total. The zero-order valence-electron chi connectivity index (χ0n) is 15.7. The van der Waals surface area contributed by atoms with Crippen molar-refractivity contribution < 1.29 is 13.3 Å². The van der Waals surface area contributed by atoms with Crippen LogP contribution >= 0.6 is 11.3 Å². The average Bonchev–Trinajstić information content (AvgIpc) is 2.73. The first-order chi connectivity index (χ1) is 14.3. The fourth-order valence-electron chi connectivity index (χ4n) is 3.21. The Morgan fingerprint density at radius 1 is 0.867 bits per heavy atom. The van der Waals surface area contributed by atoms with Crippen molar-refractivity contribution >= 4 is 36.9 Å². The van der Waals surface area contributed by atoms with E-state index in [-0.39, 0.29) is 16.0 Å². The van der Waals surface area contributed by atoms with Crippen LogP contribution in [0.5, 0.6) is 0 Å². The lowest BCUT2D eigenvalue weighted by molar-refractivity contribution is -0.384. The largest absolute Gasteiger partial charge is 0.288 e. The van der Waals surface area contributed by atoms with E-state index in [1.54, 1.807) is 36.4 Å². The summed E-state index contributed by atoms with van der Waals surface area (Å²) in [6, 6.07) is 19.5. The monoisotopic (exact) mass is 437 g/mol. The molecule has 0 saturated heterocycles. The fraction of sp³-hybridized carbons (Fsp3) is 0.0455. The Morgan fingerprint density at radius 2 is 1.47 bits per heavy atom. The smallest absolute Gasteiger partial charge is 0.269 e. The van der Waals surface area contributed by atoms with E-state index >= 15 is 0 Å². The second kappa shape index (κ2) is 7.47. The van der Waals surface area contributed by atoms with Crippen LogP contribution in [0.3, 0.4) is 0 Å². The maximum atomic E-state index is 13.3. The van der Waals surface area contributed by atoms with Crippen LogP contribution in [-0.2, 0) is 9.84 Å². The van der Waals surface area contributed by atoms with E-state index in [9.17, 15) is 23.3 Å². The van der Waals surface area contributed by atoms with Gasteiger partial charge in [-0.05, 0) is 47.5 Å². The van der Waals surface area contributed by atoms with E-state index in [1.165, 1.54) is 35.6 Å².